The van der Waals surface area contributed by atoms with E-state index >= 15 is 0 Å². The van der Waals surface area contributed by atoms with Gasteiger partial charge in [-0.25, -0.2) is 4.98 Å². The van der Waals surface area contributed by atoms with Crippen LogP contribution in [-0.4, -0.2) is 10.8 Å². The van der Waals surface area contributed by atoms with Crippen LogP contribution in [0.3, 0.4) is 0 Å². The van der Waals surface area contributed by atoms with Crippen molar-refractivity contribution >= 4 is 5.78 Å². The fourth-order valence-electron chi connectivity index (χ4n) is 1.86. The van der Waals surface area contributed by atoms with E-state index in [1.165, 1.54) is 0 Å². The smallest absolute Gasteiger partial charge is 0.199 e. The van der Waals surface area contributed by atoms with Crippen LogP contribution < -0.4 is 0 Å². The highest BCUT2D eigenvalue weighted by Crippen LogP contribution is 2.27. The van der Waals surface area contributed by atoms with Crippen molar-refractivity contribution in [1.82, 2.24) is 4.98 Å². The van der Waals surface area contributed by atoms with Gasteiger partial charge in [0.2, 0.25) is 0 Å². The first-order chi connectivity index (χ1) is 8.59. The molecular formula is C15H17NO2. The summed E-state index contributed by atoms with van der Waals surface area (Å²) in [6.45, 7) is 4.08. The van der Waals surface area contributed by atoms with Crippen LogP contribution in [0.25, 0.3) is 0 Å². The number of nitrogens with zero attached hydrogens (tertiary/aromatic N) is 1. The Morgan fingerprint density at radius 3 is 2.61 bits per heavy atom. The van der Waals surface area contributed by atoms with E-state index in [0.717, 1.165) is 12.0 Å². The van der Waals surface area contributed by atoms with Crippen molar-refractivity contribution < 1.29 is 9.21 Å². The summed E-state index contributed by atoms with van der Waals surface area (Å²) in [6.07, 6.45) is 4.42. The molecule has 0 radical (unpaired) electrons. The molecule has 3 heteroatoms. The first-order valence-corrected chi connectivity index (χ1v) is 6.08. The number of Topliss-reactive ketones (excluding diaryl/α,β-unsaturated/α-hetero) is 1. The summed E-state index contributed by atoms with van der Waals surface area (Å²) in [5, 5.41) is 0. The minimum atomic E-state index is -0.214. The number of benzene rings is 1. The summed E-state index contributed by atoms with van der Waals surface area (Å²) in [5.74, 6) is 0.846. The number of oxazole rings is 1. The van der Waals surface area contributed by atoms with Gasteiger partial charge in [0.05, 0.1) is 6.20 Å². The summed E-state index contributed by atoms with van der Waals surface area (Å²) < 4.78 is 5.31. The van der Waals surface area contributed by atoms with Gasteiger partial charge in [0.25, 0.3) is 0 Å². The second-order valence-electron chi connectivity index (χ2n) is 5.01. The highest BCUT2D eigenvalue weighted by Gasteiger charge is 2.26. The number of hydrogen-bond acceptors (Lipinski definition) is 3. The Morgan fingerprint density at radius 1 is 1.28 bits per heavy atom. The molecule has 0 aliphatic heterocycles. The highest BCUT2D eigenvalue weighted by atomic mass is 16.3. The molecule has 2 aromatic rings. The van der Waals surface area contributed by atoms with Gasteiger partial charge in [0.15, 0.2) is 11.7 Å². The molecule has 0 saturated carbocycles. The number of hydrogen-bond donors (Lipinski definition) is 0. The Hall–Kier alpha value is -1.90. The molecular weight excluding hydrogens is 226 g/mol. The molecule has 1 heterocycles. The first-order valence-electron chi connectivity index (χ1n) is 6.08. The van der Waals surface area contributed by atoms with Crippen LogP contribution in [0.5, 0.6) is 0 Å². The van der Waals surface area contributed by atoms with E-state index < -0.39 is 0 Å². The molecule has 1 aromatic carbocycles. The topological polar surface area (TPSA) is 43.1 Å². The number of carbonyl (C=O) groups excluding carboxylic acids is 1. The van der Waals surface area contributed by atoms with E-state index in [4.69, 9.17) is 4.42 Å². The van der Waals surface area contributed by atoms with Crippen LogP contribution in [-0.2, 0) is 5.41 Å². The maximum Gasteiger partial charge on any atom is 0.199 e. The Labute approximate surface area is 107 Å². The molecule has 1 aromatic heterocycles. The molecule has 0 saturated heterocycles. The standard InChI is InChI=1S/C15H17NO2/c1-15(2,14-16-10-11-18-14)9-8-13(17)12-6-4-3-5-7-12/h3-7,10-11H,8-9H2,1-2H3. The summed E-state index contributed by atoms with van der Waals surface area (Å²) in [7, 11) is 0. The Morgan fingerprint density at radius 2 is 2.00 bits per heavy atom. The van der Waals surface area contributed by atoms with E-state index in [0.29, 0.717) is 12.3 Å². The monoisotopic (exact) mass is 243 g/mol. The minimum absolute atomic E-state index is 0.162. The maximum absolute atomic E-state index is 12.0. The van der Waals surface area contributed by atoms with Crippen LogP contribution in [0.1, 0.15) is 42.9 Å². The van der Waals surface area contributed by atoms with Crippen LogP contribution in [0, 0.1) is 0 Å². The molecule has 0 aliphatic carbocycles. The summed E-state index contributed by atoms with van der Waals surface area (Å²) in [6, 6.07) is 9.37. The van der Waals surface area contributed by atoms with E-state index in [1.54, 1.807) is 12.5 Å². The molecule has 0 atom stereocenters. The first kappa shape index (κ1) is 12.6. The predicted molar refractivity (Wildman–Crippen MR) is 69.5 cm³/mol. The molecule has 3 nitrogen and oxygen atoms in total. The lowest BCUT2D eigenvalue weighted by Gasteiger charge is -2.19. The lowest BCUT2D eigenvalue weighted by atomic mass is 9.86. The van der Waals surface area contributed by atoms with Gasteiger partial charge in [0.1, 0.15) is 6.26 Å². The SMILES string of the molecule is CC(C)(CCC(=O)c1ccccc1)c1ncco1. The van der Waals surface area contributed by atoms with Gasteiger partial charge < -0.3 is 4.42 Å². The van der Waals surface area contributed by atoms with Crippen LogP contribution in [0.2, 0.25) is 0 Å². The van der Waals surface area contributed by atoms with Gasteiger partial charge in [-0.3, -0.25) is 4.79 Å². The number of rotatable bonds is 5. The Kier molecular flexibility index (Phi) is 3.60. The van der Waals surface area contributed by atoms with Crippen LogP contribution >= 0.6 is 0 Å². The molecule has 0 aliphatic rings. The fraction of sp³-hybridized carbons (Fsp3) is 0.333. The summed E-state index contributed by atoms with van der Waals surface area (Å²) in [4.78, 5) is 16.2. The lowest BCUT2D eigenvalue weighted by molar-refractivity contribution is 0.0970. The van der Waals surface area contributed by atoms with Crippen molar-refractivity contribution in [3.63, 3.8) is 0 Å². The van der Waals surface area contributed by atoms with E-state index in [1.807, 2.05) is 44.2 Å². The number of aromatic nitrogens is 1. The van der Waals surface area contributed by atoms with Gasteiger partial charge in [-0.15, -0.1) is 0 Å². The second kappa shape index (κ2) is 5.17. The van der Waals surface area contributed by atoms with Crippen molar-refractivity contribution in [1.29, 1.82) is 0 Å². The van der Waals surface area contributed by atoms with Gasteiger partial charge in [-0.2, -0.15) is 0 Å². The molecule has 0 fully saturated rings. The summed E-state index contributed by atoms with van der Waals surface area (Å²) in [5.41, 5.74) is 0.550. The molecule has 2 rings (SSSR count). The minimum Gasteiger partial charge on any atom is -0.448 e. The number of carbonyl (C=O) groups is 1. The maximum atomic E-state index is 12.0. The molecule has 18 heavy (non-hydrogen) atoms. The molecule has 0 bridgehead atoms. The normalized spacial score (nSPS) is 11.4. The third-order valence-electron chi connectivity index (χ3n) is 3.08. The summed E-state index contributed by atoms with van der Waals surface area (Å²) >= 11 is 0. The lowest BCUT2D eigenvalue weighted by Crippen LogP contribution is -2.19. The van der Waals surface area contributed by atoms with Gasteiger partial charge in [-0.05, 0) is 6.42 Å². The zero-order valence-electron chi connectivity index (χ0n) is 10.7. The zero-order chi connectivity index (χ0) is 13.0. The van der Waals surface area contributed by atoms with E-state index in [2.05, 4.69) is 4.98 Å². The average molecular weight is 243 g/mol. The second-order valence-corrected chi connectivity index (χ2v) is 5.01. The Balaban J connectivity index is 1.98. The van der Waals surface area contributed by atoms with Crippen molar-refractivity contribution in [2.24, 2.45) is 0 Å². The van der Waals surface area contributed by atoms with Crippen molar-refractivity contribution in [2.75, 3.05) is 0 Å². The molecule has 94 valence electrons. The zero-order valence-corrected chi connectivity index (χ0v) is 10.7. The quantitative estimate of drug-likeness (QED) is 0.753. The third-order valence-corrected chi connectivity index (χ3v) is 3.08. The van der Waals surface area contributed by atoms with E-state index in [9.17, 15) is 4.79 Å². The third kappa shape index (κ3) is 2.86. The van der Waals surface area contributed by atoms with Crippen LogP contribution in [0.15, 0.2) is 47.2 Å². The average Bonchev–Trinajstić information content (AvgIpc) is 2.92. The highest BCUT2D eigenvalue weighted by molar-refractivity contribution is 5.96. The van der Waals surface area contributed by atoms with Crippen molar-refractivity contribution in [3.8, 4) is 0 Å². The van der Waals surface area contributed by atoms with Crippen LogP contribution in [0.4, 0.5) is 0 Å². The van der Waals surface area contributed by atoms with Gasteiger partial charge in [0, 0.05) is 17.4 Å². The molecule has 0 N–H and O–H groups in total. The van der Waals surface area contributed by atoms with Gasteiger partial charge >= 0.3 is 0 Å². The van der Waals surface area contributed by atoms with Crippen molar-refractivity contribution in [2.45, 2.75) is 32.1 Å². The van der Waals surface area contributed by atoms with E-state index in [-0.39, 0.29) is 11.2 Å². The van der Waals surface area contributed by atoms with Gasteiger partial charge in [-0.1, -0.05) is 44.2 Å². The predicted octanol–water partition coefficient (Wildman–Crippen LogP) is 3.62. The largest absolute Gasteiger partial charge is 0.448 e. The van der Waals surface area contributed by atoms with Crippen molar-refractivity contribution in [3.05, 3.63) is 54.2 Å². The fourth-order valence-corrected chi connectivity index (χ4v) is 1.86. The Bertz CT molecular complexity index is 501. The number of ketones is 1. The molecule has 0 spiro atoms. The molecule has 0 amide bonds. The molecule has 0 unspecified atom stereocenters.